The van der Waals surface area contributed by atoms with Crippen LogP contribution in [-0.2, 0) is 10.3 Å². The van der Waals surface area contributed by atoms with Crippen LogP contribution < -0.4 is 10.1 Å². The molecule has 3 aromatic rings. The zero-order valence-corrected chi connectivity index (χ0v) is 20.7. The summed E-state index contributed by atoms with van der Waals surface area (Å²) >= 11 is 0. The number of amides is 1. The molecule has 7 heteroatoms. The number of likely N-dealkylation sites (tertiary alicyclic amines) is 1. The van der Waals surface area contributed by atoms with E-state index >= 15 is 0 Å². The van der Waals surface area contributed by atoms with Crippen molar-refractivity contribution in [2.75, 3.05) is 39.9 Å². The minimum Gasteiger partial charge on any atom is -0.496 e. The minimum absolute atomic E-state index is 0.0849. The van der Waals surface area contributed by atoms with Crippen molar-refractivity contribution in [2.24, 2.45) is 0 Å². The van der Waals surface area contributed by atoms with Crippen molar-refractivity contribution in [1.29, 1.82) is 0 Å². The third-order valence-corrected chi connectivity index (χ3v) is 7.27. The Kier molecular flexibility index (Phi) is 7.41. The van der Waals surface area contributed by atoms with Crippen LogP contribution in [0.3, 0.4) is 0 Å². The number of ether oxygens (including phenoxy) is 2. The van der Waals surface area contributed by atoms with E-state index in [-0.39, 0.29) is 17.8 Å². The Morgan fingerprint density at radius 3 is 2.83 bits per heavy atom. The number of rotatable bonds is 8. The second-order valence-electron chi connectivity index (χ2n) is 9.68. The number of hydrogen-bond donors (Lipinski definition) is 2. The van der Waals surface area contributed by atoms with Crippen LogP contribution in [0.2, 0.25) is 0 Å². The Hall–Kier alpha value is -3.13. The van der Waals surface area contributed by atoms with Crippen LogP contribution in [0.5, 0.6) is 5.75 Å². The topological polar surface area (TPSA) is 84.2 Å². The van der Waals surface area contributed by atoms with Gasteiger partial charge < -0.3 is 24.3 Å². The van der Waals surface area contributed by atoms with E-state index in [1.807, 2.05) is 42.5 Å². The molecule has 7 nitrogen and oxygen atoms in total. The molecule has 1 amide bonds. The van der Waals surface area contributed by atoms with Crippen molar-refractivity contribution in [3.8, 4) is 5.75 Å². The molecule has 0 bridgehead atoms. The van der Waals surface area contributed by atoms with Gasteiger partial charge in [0.05, 0.1) is 18.8 Å². The summed E-state index contributed by atoms with van der Waals surface area (Å²) in [6.07, 6.45) is 7.61. The average molecular weight is 491 g/mol. The summed E-state index contributed by atoms with van der Waals surface area (Å²) in [5.74, 6) is 0.903. The van der Waals surface area contributed by atoms with E-state index in [0.717, 1.165) is 61.3 Å². The smallest absolute Gasteiger partial charge is 0.287 e. The Balaban J connectivity index is 1.18. The summed E-state index contributed by atoms with van der Waals surface area (Å²) in [4.78, 5) is 14.9. The van der Waals surface area contributed by atoms with Crippen LogP contribution in [0.25, 0.3) is 17.0 Å². The maximum Gasteiger partial charge on any atom is 0.287 e. The van der Waals surface area contributed by atoms with Crippen molar-refractivity contribution in [1.82, 2.24) is 10.2 Å². The van der Waals surface area contributed by atoms with Crippen molar-refractivity contribution >= 4 is 23.0 Å². The number of fused-ring (bicyclic) bond motifs is 1. The molecule has 1 atom stereocenters. The SMILES string of the molecule is COc1ccccc1/C=C/CN1CCC(O)(c2ccc3oc(C(=O)NC[C@H]4CCCO4)cc3c2)CC1. The highest BCUT2D eigenvalue weighted by atomic mass is 16.5. The zero-order valence-electron chi connectivity index (χ0n) is 20.7. The van der Waals surface area contributed by atoms with Crippen molar-refractivity contribution in [3.05, 3.63) is 71.5 Å². The predicted octanol–water partition coefficient (Wildman–Crippen LogP) is 4.35. The number of benzene rings is 2. The molecule has 2 saturated heterocycles. The normalized spacial score (nSPS) is 20.2. The van der Waals surface area contributed by atoms with E-state index in [1.54, 1.807) is 13.2 Å². The van der Waals surface area contributed by atoms with Gasteiger partial charge in [0, 0.05) is 43.7 Å². The lowest BCUT2D eigenvalue weighted by atomic mass is 9.84. The molecule has 0 unspecified atom stereocenters. The molecule has 36 heavy (non-hydrogen) atoms. The molecule has 2 aliphatic heterocycles. The maximum atomic E-state index is 12.5. The number of nitrogens with one attached hydrogen (secondary N) is 1. The van der Waals surface area contributed by atoms with E-state index in [9.17, 15) is 9.90 Å². The van der Waals surface area contributed by atoms with Gasteiger partial charge in [0.2, 0.25) is 0 Å². The molecule has 5 rings (SSSR count). The number of hydrogen-bond acceptors (Lipinski definition) is 6. The van der Waals surface area contributed by atoms with Gasteiger partial charge in [-0.2, -0.15) is 0 Å². The Labute approximate surface area is 211 Å². The van der Waals surface area contributed by atoms with Crippen LogP contribution in [0, 0.1) is 0 Å². The van der Waals surface area contributed by atoms with Crippen molar-refractivity contribution in [3.63, 3.8) is 0 Å². The summed E-state index contributed by atoms with van der Waals surface area (Å²) in [5.41, 5.74) is 1.67. The van der Waals surface area contributed by atoms with Gasteiger partial charge in [-0.25, -0.2) is 0 Å². The quantitative estimate of drug-likeness (QED) is 0.489. The lowest BCUT2D eigenvalue weighted by Gasteiger charge is -2.38. The number of aliphatic hydroxyl groups is 1. The fourth-order valence-electron chi connectivity index (χ4n) is 5.07. The fourth-order valence-corrected chi connectivity index (χ4v) is 5.07. The molecular weight excluding hydrogens is 456 g/mol. The molecule has 3 heterocycles. The lowest BCUT2D eigenvalue weighted by Crippen LogP contribution is -2.42. The molecule has 0 saturated carbocycles. The van der Waals surface area contributed by atoms with Gasteiger partial charge in [-0.15, -0.1) is 0 Å². The summed E-state index contributed by atoms with van der Waals surface area (Å²) in [5, 5.41) is 15.2. The van der Waals surface area contributed by atoms with Gasteiger partial charge in [-0.1, -0.05) is 36.4 Å². The molecule has 0 radical (unpaired) electrons. The highest BCUT2D eigenvalue weighted by molar-refractivity contribution is 5.96. The van der Waals surface area contributed by atoms with Crippen LogP contribution in [0.4, 0.5) is 0 Å². The molecule has 2 N–H and O–H groups in total. The molecule has 2 aliphatic rings. The largest absolute Gasteiger partial charge is 0.496 e. The second-order valence-corrected chi connectivity index (χ2v) is 9.68. The number of carbonyl (C=O) groups is 1. The Morgan fingerprint density at radius 1 is 1.22 bits per heavy atom. The first kappa shape index (κ1) is 24.6. The number of methoxy groups -OCH3 is 1. The van der Waals surface area contributed by atoms with E-state index in [0.29, 0.717) is 25.0 Å². The summed E-state index contributed by atoms with van der Waals surface area (Å²) in [6, 6.07) is 15.4. The standard InChI is InChI=1S/C29H34N2O5/c1-34-25-9-3-2-6-21(25)7-4-14-31-15-12-29(33,13-16-31)23-10-11-26-22(18-23)19-27(36-26)28(32)30-20-24-8-5-17-35-24/h2-4,6-7,9-11,18-19,24,33H,5,8,12-17,20H2,1H3,(H,30,32)/b7-4+/t24-/m1/s1. The minimum atomic E-state index is -0.892. The number of nitrogens with zero attached hydrogens (tertiary/aromatic N) is 1. The molecule has 2 fully saturated rings. The van der Waals surface area contributed by atoms with E-state index in [2.05, 4.69) is 22.4 Å². The highest BCUT2D eigenvalue weighted by Crippen LogP contribution is 2.35. The third-order valence-electron chi connectivity index (χ3n) is 7.27. The van der Waals surface area contributed by atoms with Crippen LogP contribution in [0.1, 0.15) is 47.4 Å². The molecule has 2 aromatic carbocycles. The summed E-state index contributed by atoms with van der Waals surface area (Å²) < 4.78 is 16.8. The molecule has 0 spiro atoms. The van der Waals surface area contributed by atoms with Crippen LogP contribution in [-0.4, -0.2) is 61.9 Å². The Bertz CT molecular complexity index is 1220. The van der Waals surface area contributed by atoms with Crippen LogP contribution in [0.15, 0.2) is 59.0 Å². The number of carbonyl (C=O) groups excluding carboxylic acids is 1. The van der Waals surface area contributed by atoms with Crippen LogP contribution >= 0.6 is 0 Å². The predicted molar refractivity (Wildman–Crippen MR) is 139 cm³/mol. The summed E-state index contributed by atoms with van der Waals surface area (Å²) in [6.45, 7) is 3.67. The van der Waals surface area contributed by atoms with E-state index in [4.69, 9.17) is 13.9 Å². The monoisotopic (exact) mass is 490 g/mol. The van der Waals surface area contributed by atoms with Crippen molar-refractivity contribution in [2.45, 2.75) is 37.4 Å². The lowest BCUT2D eigenvalue weighted by molar-refractivity contribution is -0.0232. The number of furan rings is 1. The molecule has 1 aromatic heterocycles. The van der Waals surface area contributed by atoms with E-state index in [1.165, 1.54) is 0 Å². The first-order valence-electron chi connectivity index (χ1n) is 12.7. The maximum absolute atomic E-state index is 12.5. The molecule has 190 valence electrons. The van der Waals surface area contributed by atoms with Gasteiger partial charge in [0.1, 0.15) is 11.3 Å². The van der Waals surface area contributed by atoms with Gasteiger partial charge >= 0.3 is 0 Å². The number of para-hydroxylation sites is 1. The van der Waals surface area contributed by atoms with Gasteiger partial charge in [0.15, 0.2) is 5.76 Å². The fraction of sp³-hybridized carbons (Fsp3) is 0.414. The second kappa shape index (κ2) is 10.9. The van der Waals surface area contributed by atoms with Gasteiger partial charge in [-0.05, 0) is 55.5 Å². The first-order valence-corrected chi connectivity index (χ1v) is 12.7. The Morgan fingerprint density at radius 2 is 2.06 bits per heavy atom. The molecule has 0 aliphatic carbocycles. The van der Waals surface area contributed by atoms with Gasteiger partial charge in [0.25, 0.3) is 5.91 Å². The number of piperidine rings is 1. The third kappa shape index (κ3) is 5.48. The van der Waals surface area contributed by atoms with E-state index < -0.39 is 5.60 Å². The first-order chi connectivity index (χ1) is 17.5. The van der Waals surface area contributed by atoms with Gasteiger partial charge in [-0.3, -0.25) is 9.69 Å². The van der Waals surface area contributed by atoms with Crippen molar-refractivity contribution < 1.29 is 23.8 Å². The molecular formula is C29H34N2O5. The average Bonchev–Trinajstić information content (AvgIpc) is 3.58. The summed E-state index contributed by atoms with van der Waals surface area (Å²) in [7, 11) is 1.68. The zero-order chi connectivity index (χ0) is 25.0. The highest BCUT2D eigenvalue weighted by Gasteiger charge is 2.34.